The maximum atomic E-state index is 9.62. The summed E-state index contributed by atoms with van der Waals surface area (Å²) < 4.78 is 0. The van der Waals surface area contributed by atoms with Crippen LogP contribution >= 0.6 is 0 Å². The van der Waals surface area contributed by atoms with Crippen molar-refractivity contribution in [3.8, 4) is 11.3 Å². The lowest BCUT2D eigenvalue weighted by molar-refractivity contribution is 0.0907. The highest BCUT2D eigenvalue weighted by molar-refractivity contribution is 5.62. The third-order valence-corrected chi connectivity index (χ3v) is 8.25. The number of fused-ring (bicyclic) bond motifs is 1. The van der Waals surface area contributed by atoms with Crippen molar-refractivity contribution < 1.29 is 10.2 Å². The minimum atomic E-state index is -0.672. The highest BCUT2D eigenvalue weighted by Crippen LogP contribution is 2.46. The molecule has 2 aliphatic carbocycles. The van der Waals surface area contributed by atoms with Gasteiger partial charge in [0, 0.05) is 30.3 Å². The lowest BCUT2D eigenvalue weighted by atomic mass is 9.63. The average molecular weight is 466 g/mol. The van der Waals surface area contributed by atoms with Gasteiger partial charge < -0.3 is 15.5 Å². The summed E-state index contributed by atoms with van der Waals surface area (Å²) in [6, 6.07) is 9.45. The van der Waals surface area contributed by atoms with E-state index in [1.807, 2.05) is 6.20 Å². The molecule has 34 heavy (non-hydrogen) atoms. The second-order valence-electron chi connectivity index (χ2n) is 11.8. The molecule has 3 N–H and O–H groups in total. The smallest absolute Gasteiger partial charge is 0.132 e. The van der Waals surface area contributed by atoms with Crippen LogP contribution in [-0.4, -0.2) is 45.5 Å². The predicted molar refractivity (Wildman–Crippen MR) is 138 cm³/mol. The topological polar surface area (TPSA) is 78.3 Å². The second kappa shape index (κ2) is 10.4. The Bertz CT molecular complexity index is 962. The fraction of sp³-hybridized carbons (Fsp3) is 0.655. The number of benzene rings is 1. The summed E-state index contributed by atoms with van der Waals surface area (Å²) in [6.07, 6.45) is 10.3. The van der Waals surface area contributed by atoms with Gasteiger partial charge in [0.15, 0.2) is 0 Å². The molecule has 5 heteroatoms. The van der Waals surface area contributed by atoms with Gasteiger partial charge >= 0.3 is 0 Å². The first-order chi connectivity index (χ1) is 16.2. The van der Waals surface area contributed by atoms with Crippen LogP contribution in [0, 0.1) is 0 Å². The highest BCUT2D eigenvalue weighted by Gasteiger charge is 2.37. The van der Waals surface area contributed by atoms with E-state index in [-0.39, 0.29) is 17.4 Å². The average Bonchev–Trinajstić information content (AvgIpc) is 2.81. The molecule has 0 aliphatic heterocycles. The van der Waals surface area contributed by atoms with Gasteiger partial charge in [0.2, 0.25) is 0 Å². The standard InChI is InChI=1S/C29H43N3O2/c1-28(2)14-15-29(3,4)25-17-21(11-12-24(25)28)26-13-16-30-27(32-26)20-7-5-9-22(10-6-8-20)31-18-23(34)19-33/h11-13,16-17,20,22-23,31,33-34H,5-10,14-15,18-19H2,1-4H3. The Balaban J connectivity index is 1.48. The van der Waals surface area contributed by atoms with E-state index in [1.54, 1.807) is 0 Å². The maximum absolute atomic E-state index is 9.62. The van der Waals surface area contributed by atoms with Crippen molar-refractivity contribution in [1.29, 1.82) is 0 Å². The molecule has 1 aromatic carbocycles. The van der Waals surface area contributed by atoms with Crippen LogP contribution in [0.4, 0.5) is 0 Å². The number of aliphatic hydroxyl groups is 2. The normalized spacial score (nSPS) is 25.1. The summed E-state index contributed by atoms with van der Waals surface area (Å²) in [4.78, 5) is 9.78. The molecule has 1 heterocycles. The minimum Gasteiger partial charge on any atom is -0.394 e. The molecular formula is C29H43N3O2. The lowest BCUT2D eigenvalue weighted by Crippen LogP contribution is -2.37. The Morgan fingerprint density at radius 1 is 0.971 bits per heavy atom. The van der Waals surface area contributed by atoms with Crippen molar-refractivity contribution >= 4 is 0 Å². The molecule has 0 radical (unpaired) electrons. The van der Waals surface area contributed by atoms with Gasteiger partial charge in [0.05, 0.1) is 18.4 Å². The van der Waals surface area contributed by atoms with Gasteiger partial charge in [-0.1, -0.05) is 52.7 Å². The molecule has 1 fully saturated rings. The van der Waals surface area contributed by atoms with Crippen LogP contribution < -0.4 is 5.32 Å². The first-order valence-electron chi connectivity index (χ1n) is 13.2. The lowest BCUT2D eigenvalue weighted by Gasteiger charge is -2.42. The first-order valence-corrected chi connectivity index (χ1v) is 13.2. The zero-order chi connectivity index (χ0) is 24.3. The summed E-state index contributed by atoms with van der Waals surface area (Å²) >= 11 is 0. The van der Waals surface area contributed by atoms with Crippen molar-refractivity contribution in [2.75, 3.05) is 13.2 Å². The maximum Gasteiger partial charge on any atom is 0.132 e. The zero-order valence-corrected chi connectivity index (χ0v) is 21.5. The molecule has 2 aromatic rings. The SMILES string of the molecule is CC1(C)CCC(C)(C)c2cc(-c3ccnc(C4CCCC(NCC(O)CO)CCC4)n3)ccc21. The van der Waals surface area contributed by atoms with Crippen molar-refractivity contribution in [2.45, 2.75) is 108 Å². The number of aliphatic hydroxyl groups excluding tert-OH is 2. The summed E-state index contributed by atoms with van der Waals surface area (Å²) in [7, 11) is 0. The molecule has 0 amide bonds. The van der Waals surface area contributed by atoms with Crippen molar-refractivity contribution in [3.63, 3.8) is 0 Å². The Kier molecular flexibility index (Phi) is 7.75. The molecule has 186 valence electrons. The quantitative estimate of drug-likeness (QED) is 0.544. The van der Waals surface area contributed by atoms with Gasteiger partial charge in [0.1, 0.15) is 5.82 Å². The van der Waals surface area contributed by atoms with Crippen LogP contribution in [0.25, 0.3) is 11.3 Å². The Morgan fingerprint density at radius 2 is 1.65 bits per heavy atom. The Hall–Kier alpha value is -1.82. The first kappa shape index (κ1) is 25.3. The predicted octanol–water partition coefficient (Wildman–Crippen LogP) is 5.24. The van der Waals surface area contributed by atoms with Crippen molar-refractivity contribution in [1.82, 2.24) is 15.3 Å². The Labute approximate surface area is 205 Å². The number of hydrogen-bond donors (Lipinski definition) is 3. The third-order valence-electron chi connectivity index (χ3n) is 8.25. The van der Waals surface area contributed by atoms with Crippen LogP contribution in [0.2, 0.25) is 0 Å². The molecule has 2 aliphatic rings. The largest absolute Gasteiger partial charge is 0.394 e. The Morgan fingerprint density at radius 3 is 2.32 bits per heavy atom. The van der Waals surface area contributed by atoms with Crippen LogP contribution in [0.15, 0.2) is 30.5 Å². The van der Waals surface area contributed by atoms with Crippen molar-refractivity contribution in [3.05, 3.63) is 47.4 Å². The molecule has 1 unspecified atom stereocenters. The van der Waals surface area contributed by atoms with Crippen LogP contribution in [-0.2, 0) is 10.8 Å². The minimum absolute atomic E-state index is 0.186. The van der Waals surface area contributed by atoms with E-state index in [1.165, 1.54) is 29.5 Å². The van der Waals surface area contributed by atoms with E-state index in [0.717, 1.165) is 50.0 Å². The molecule has 5 nitrogen and oxygen atoms in total. The summed E-state index contributed by atoms with van der Waals surface area (Å²) in [5.41, 5.74) is 5.60. The molecule has 1 atom stereocenters. The second-order valence-corrected chi connectivity index (χ2v) is 11.8. The van der Waals surface area contributed by atoms with E-state index in [0.29, 0.717) is 18.5 Å². The van der Waals surface area contributed by atoms with Gasteiger partial charge in [-0.2, -0.15) is 0 Å². The number of rotatable bonds is 6. The van der Waals surface area contributed by atoms with Gasteiger partial charge in [-0.3, -0.25) is 0 Å². The number of hydrogen-bond acceptors (Lipinski definition) is 5. The molecule has 1 saturated carbocycles. The van der Waals surface area contributed by atoms with Crippen LogP contribution in [0.5, 0.6) is 0 Å². The van der Waals surface area contributed by atoms with Gasteiger partial charge in [-0.15, -0.1) is 0 Å². The zero-order valence-electron chi connectivity index (χ0n) is 21.5. The third kappa shape index (κ3) is 5.69. The number of nitrogens with one attached hydrogen (secondary N) is 1. The fourth-order valence-electron chi connectivity index (χ4n) is 5.82. The highest BCUT2D eigenvalue weighted by atomic mass is 16.3. The monoisotopic (exact) mass is 465 g/mol. The van der Waals surface area contributed by atoms with Crippen LogP contribution in [0.3, 0.4) is 0 Å². The summed E-state index contributed by atoms with van der Waals surface area (Å²) in [5, 5.41) is 22.1. The molecule has 4 rings (SSSR count). The van der Waals surface area contributed by atoms with Crippen LogP contribution in [0.1, 0.15) is 102 Å². The van der Waals surface area contributed by atoms with Gasteiger partial charge in [-0.05, 0) is 72.6 Å². The van der Waals surface area contributed by atoms with E-state index in [9.17, 15) is 5.11 Å². The molecule has 1 aromatic heterocycles. The summed E-state index contributed by atoms with van der Waals surface area (Å²) in [5.74, 6) is 1.38. The molecule has 0 spiro atoms. The van der Waals surface area contributed by atoms with Gasteiger partial charge in [-0.25, -0.2) is 9.97 Å². The van der Waals surface area contributed by atoms with E-state index in [2.05, 4.69) is 57.3 Å². The summed E-state index contributed by atoms with van der Waals surface area (Å²) in [6.45, 7) is 9.76. The number of nitrogens with zero attached hydrogens (tertiary/aromatic N) is 2. The molecule has 0 saturated heterocycles. The number of aromatic nitrogens is 2. The van der Waals surface area contributed by atoms with E-state index in [4.69, 9.17) is 15.1 Å². The van der Waals surface area contributed by atoms with Gasteiger partial charge in [0.25, 0.3) is 0 Å². The van der Waals surface area contributed by atoms with Crippen molar-refractivity contribution in [2.24, 2.45) is 0 Å². The fourth-order valence-corrected chi connectivity index (χ4v) is 5.82. The van der Waals surface area contributed by atoms with E-state index >= 15 is 0 Å². The molecular weight excluding hydrogens is 422 g/mol. The van der Waals surface area contributed by atoms with E-state index < -0.39 is 6.10 Å². The molecule has 0 bridgehead atoms.